The highest BCUT2D eigenvalue weighted by Crippen LogP contribution is 2.38. The van der Waals surface area contributed by atoms with E-state index >= 15 is 0 Å². The Morgan fingerprint density at radius 2 is 1.62 bits per heavy atom. The molecule has 162 valence electrons. The molecule has 0 saturated heterocycles. The van der Waals surface area contributed by atoms with E-state index in [0.717, 1.165) is 27.7 Å². The molecular formula is C25H23N3O4. The van der Waals surface area contributed by atoms with Gasteiger partial charge in [-0.1, -0.05) is 18.2 Å². The summed E-state index contributed by atoms with van der Waals surface area (Å²) in [5, 5.41) is 25.8. The number of carbonyl (C=O) groups is 1. The van der Waals surface area contributed by atoms with Gasteiger partial charge in [-0.2, -0.15) is 0 Å². The van der Waals surface area contributed by atoms with Crippen molar-refractivity contribution in [2.24, 2.45) is 0 Å². The van der Waals surface area contributed by atoms with E-state index in [9.17, 15) is 20.0 Å². The number of aromatic nitrogens is 1. The summed E-state index contributed by atoms with van der Waals surface area (Å²) in [6.45, 7) is 7.68. The smallest absolute Gasteiger partial charge is 0.269 e. The van der Waals surface area contributed by atoms with Crippen LogP contribution in [0.4, 0.5) is 11.4 Å². The third kappa shape index (κ3) is 3.37. The van der Waals surface area contributed by atoms with E-state index in [1.807, 2.05) is 56.5 Å². The Morgan fingerprint density at radius 3 is 2.28 bits per heavy atom. The van der Waals surface area contributed by atoms with E-state index < -0.39 is 4.92 Å². The van der Waals surface area contributed by atoms with E-state index in [4.69, 9.17) is 0 Å². The van der Waals surface area contributed by atoms with Crippen molar-refractivity contribution < 1.29 is 14.8 Å². The summed E-state index contributed by atoms with van der Waals surface area (Å²) in [5.41, 5.74) is 5.86. The lowest BCUT2D eigenvalue weighted by atomic mass is 10.0. The first kappa shape index (κ1) is 21.1. The number of phenolic OH excluding ortho intramolecular Hbond substituents is 1. The van der Waals surface area contributed by atoms with Crippen LogP contribution in [-0.2, 0) is 0 Å². The standard InChI is InChI=1S/C25H23N3O4/c1-14-15(2)24(29)23(27-17(4)16(3)20-7-5-6-8-22(20)27)13-21(14)26-25(30)18-9-11-19(12-10-18)28(31)32/h5-13,29H,1-4H3,(H,26,30). The molecule has 4 aromatic rings. The molecule has 0 aliphatic rings. The van der Waals surface area contributed by atoms with Gasteiger partial charge in [0.2, 0.25) is 0 Å². The van der Waals surface area contributed by atoms with Crippen molar-refractivity contribution in [3.8, 4) is 11.4 Å². The molecule has 0 atom stereocenters. The van der Waals surface area contributed by atoms with Gasteiger partial charge in [0.25, 0.3) is 11.6 Å². The topological polar surface area (TPSA) is 97.4 Å². The number of carbonyl (C=O) groups excluding carboxylic acids is 1. The molecule has 0 aliphatic carbocycles. The number of hydrogen-bond donors (Lipinski definition) is 2. The third-order valence-corrected chi connectivity index (χ3v) is 6.10. The predicted molar refractivity (Wildman–Crippen MR) is 125 cm³/mol. The minimum atomic E-state index is -0.507. The van der Waals surface area contributed by atoms with Crippen LogP contribution in [0.5, 0.6) is 5.75 Å². The lowest BCUT2D eigenvalue weighted by Gasteiger charge is -2.18. The molecule has 1 heterocycles. The average molecular weight is 429 g/mol. The quantitative estimate of drug-likeness (QED) is 0.246. The molecule has 0 aliphatic heterocycles. The van der Waals surface area contributed by atoms with Crippen molar-refractivity contribution >= 4 is 28.2 Å². The van der Waals surface area contributed by atoms with Gasteiger partial charge in [0, 0.05) is 34.5 Å². The van der Waals surface area contributed by atoms with Crippen LogP contribution in [0.25, 0.3) is 16.6 Å². The molecule has 2 N–H and O–H groups in total. The minimum absolute atomic E-state index is 0.0779. The van der Waals surface area contributed by atoms with Gasteiger partial charge in [-0.05, 0) is 68.7 Å². The number of nitro groups is 1. The Hall–Kier alpha value is -4.13. The van der Waals surface area contributed by atoms with E-state index in [0.29, 0.717) is 22.5 Å². The Morgan fingerprint density at radius 1 is 0.969 bits per heavy atom. The van der Waals surface area contributed by atoms with Crippen LogP contribution in [-0.4, -0.2) is 20.5 Å². The highest BCUT2D eigenvalue weighted by molar-refractivity contribution is 6.05. The van der Waals surface area contributed by atoms with Gasteiger partial charge < -0.3 is 15.0 Å². The van der Waals surface area contributed by atoms with Gasteiger partial charge in [-0.15, -0.1) is 0 Å². The first-order valence-electron chi connectivity index (χ1n) is 10.2. The number of anilines is 1. The van der Waals surface area contributed by atoms with Crippen molar-refractivity contribution in [2.45, 2.75) is 27.7 Å². The number of benzene rings is 3. The lowest BCUT2D eigenvalue weighted by molar-refractivity contribution is -0.384. The molecule has 1 aromatic heterocycles. The molecule has 0 bridgehead atoms. The highest BCUT2D eigenvalue weighted by atomic mass is 16.6. The molecule has 7 nitrogen and oxygen atoms in total. The van der Waals surface area contributed by atoms with Crippen LogP contribution < -0.4 is 5.32 Å². The second-order valence-corrected chi connectivity index (χ2v) is 7.86. The van der Waals surface area contributed by atoms with Crippen molar-refractivity contribution in [1.82, 2.24) is 4.57 Å². The van der Waals surface area contributed by atoms with Gasteiger partial charge in [-0.25, -0.2) is 0 Å². The van der Waals surface area contributed by atoms with Gasteiger partial charge in [0.1, 0.15) is 5.75 Å². The maximum atomic E-state index is 12.8. The molecular weight excluding hydrogens is 406 g/mol. The molecule has 1 amide bonds. The largest absolute Gasteiger partial charge is 0.505 e. The summed E-state index contributed by atoms with van der Waals surface area (Å²) in [4.78, 5) is 23.2. The minimum Gasteiger partial charge on any atom is -0.505 e. The normalized spacial score (nSPS) is 11.0. The number of nitrogens with zero attached hydrogens (tertiary/aromatic N) is 2. The molecule has 0 radical (unpaired) electrons. The summed E-state index contributed by atoms with van der Waals surface area (Å²) in [7, 11) is 0. The zero-order valence-electron chi connectivity index (χ0n) is 18.3. The first-order chi connectivity index (χ1) is 15.2. The van der Waals surface area contributed by atoms with Crippen molar-refractivity contribution in [3.63, 3.8) is 0 Å². The SMILES string of the molecule is Cc1c(NC(=O)c2ccc([N+](=O)[O-])cc2)cc(-n2c(C)c(C)c3ccccc32)c(O)c1C. The summed E-state index contributed by atoms with van der Waals surface area (Å²) in [6.07, 6.45) is 0. The first-order valence-corrected chi connectivity index (χ1v) is 10.2. The van der Waals surface area contributed by atoms with Crippen LogP contribution >= 0.6 is 0 Å². The number of non-ortho nitro benzene ring substituents is 1. The second kappa shape index (κ2) is 7.85. The van der Waals surface area contributed by atoms with E-state index in [1.165, 1.54) is 24.3 Å². The monoisotopic (exact) mass is 429 g/mol. The summed E-state index contributed by atoms with van der Waals surface area (Å²) in [5.74, 6) is -0.232. The molecule has 32 heavy (non-hydrogen) atoms. The van der Waals surface area contributed by atoms with E-state index in [1.54, 1.807) is 6.07 Å². The summed E-state index contributed by atoms with van der Waals surface area (Å²) < 4.78 is 1.99. The zero-order valence-corrected chi connectivity index (χ0v) is 18.3. The number of nitrogens with one attached hydrogen (secondary N) is 1. The zero-order chi connectivity index (χ0) is 23.2. The van der Waals surface area contributed by atoms with Crippen LogP contribution in [0.2, 0.25) is 0 Å². The van der Waals surface area contributed by atoms with Crippen LogP contribution in [0.3, 0.4) is 0 Å². The fraction of sp³-hybridized carbons (Fsp3) is 0.160. The summed E-state index contributed by atoms with van der Waals surface area (Å²) >= 11 is 0. The Bertz CT molecular complexity index is 1390. The Balaban J connectivity index is 1.80. The van der Waals surface area contributed by atoms with E-state index in [-0.39, 0.29) is 17.3 Å². The van der Waals surface area contributed by atoms with Gasteiger partial charge in [-0.3, -0.25) is 14.9 Å². The lowest BCUT2D eigenvalue weighted by Crippen LogP contribution is -2.14. The van der Waals surface area contributed by atoms with Crippen LogP contribution in [0, 0.1) is 37.8 Å². The Kier molecular flexibility index (Phi) is 5.18. The number of aryl methyl sites for hydroxylation is 1. The third-order valence-electron chi connectivity index (χ3n) is 6.10. The van der Waals surface area contributed by atoms with E-state index in [2.05, 4.69) is 5.32 Å². The average Bonchev–Trinajstić information content (AvgIpc) is 3.04. The molecule has 4 rings (SSSR count). The fourth-order valence-electron chi connectivity index (χ4n) is 3.95. The molecule has 7 heteroatoms. The molecule has 0 fully saturated rings. The molecule has 3 aromatic carbocycles. The van der Waals surface area contributed by atoms with Crippen LogP contribution in [0.15, 0.2) is 54.6 Å². The number of fused-ring (bicyclic) bond motifs is 1. The number of phenols is 1. The number of aromatic hydroxyl groups is 1. The number of rotatable bonds is 4. The predicted octanol–water partition coefficient (Wildman–Crippen LogP) is 5.73. The maximum Gasteiger partial charge on any atom is 0.269 e. The van der Waals surface area contributed by atoms with Gasteiger partial charge in [0.05, 0.1) is 16.1 Å². The van der Waals surface area contributed by atoms with Crippen molar-refractivity contribution in [2.75, 3.05) is 5.32 Å². The second-order valence-electron chi connectivity index (χ2n) is 7.86. The fourth-order valence-corrected chi connectivity index (χ4v) is 3.95. The number of para-hydroxylation sites is 1. The summed E-state index contributed by atoms with van der Waals surface area (Å²) in [6, 6.07) is 15.2. The molecule has 0 unspecified atom stereocenters. The van der Waals surface area contributed by atoms with Gasteiger partial charge in [0.15, 0.2) is 0 Å². The highest BCUT2D eigenvalue weighted by Gasteiger charge is 2.20. The Labute approximate surface area is 185 Å². The van der Waals surface area contributed by atoms with Crippen molar-refractivity contribution in [3.05, 3.63) is 92.7 Å². The maximum absolute atomic E-state index is 12.8. The number of amides is 1. The number of nitro benzene ring substituents is 1. The molecule has 0 saturated carbocycles. The van der Waals surface area contributed by atoms with Crippen molar-refractivity contribution in [1.29, 1.82) is 0 Å². The van der Waals surface area contributed by atoms with Gasteiger partial charge >= 0.3 is 0 Å². The van der Waals surface area contributed by atoms with Crippen LogP contribution in [0.1, 0.15) is 32.7 Å². The number of hydrogen-bond acceptors (Lipinski definition) is 4. The molecule has 0 spiro atoms.